The highest BCUT2D eigenvalue weighted by Crippen LogP contribution is 2.35. The number of nitrogens with zero attached hydrogens (tertiary/aromatic N) is 4. The molecule has 3 aromatic rings. The van der Waals surface area contributed by atoms with E-state index in [-0.39, 0.29) is 17.5 Å². The maximum Gasteiger partial charge on any atom is 0.433 e. The highest BCUT2D eigenvalue weighted by Gasteiger charge is 2.36. The van der Waals surface area contributed by atoms with Crippen LogP contribution in [0.15, 0.2) is 36.4 Å². The van der Waals surface area contributed by atoms with Crippen LogP contribution >= 0.6 is 0 Å². The second-order valence-electron chi connectivity index (χ2n) is 6.87. The summed E-state index contributed by atoms with van der Waals surface area (Å²) in [5.74, 6) is -0.293. The quantitative estimate of drug-likeness (QED) is 0.628. The van der Waals surface area contributed by atoms with Crippen LogP contribution in [0.25, 0.3) is 5.65 Å². The standard InChI is InChI=1S/C19H18F4N4/c1-12-9-17(19(21,22)23)27-18(24-12)10-15(25-27)16-3-2-8-26(16)11-13-4-6-14(20)7-5-13/h4-7,9-10,16H,2-3,8,11H2,1H3/t16-/m1/s1. The monoisotopic (exact) mass is 378 g/mol. The zero-order valence-corrected chi connectivity index (χ0v) is 14.7. The van der Waals surface area contributed by atoms with Gasteiger partial charge in [0.05, 0.1) is 11.7 Å². The van der Waals surface area contributed by atoms with Crippen LogP contribution in [0.2, 0.25) is 0 Å². The van der Waals surface area contributed by atoms with Crippen molar-refractivity contribution >= 4 is 5.65 Å². The van der Waals surface area contributed by atoms with Crippen molar-refractivity contribution in [3.8, 4) is 0 Å². The molecule has 0 spiro atoms. The van der Waals surface area contributed by atoms with Gasteiger partial charge in [-0.25, -0.2) is 13.9 Å². The van der Waals surface area contributed by atoms with Crippen molar-refractivity contribution in [1.29, 1.82) is 0 Å². The Labute approximate surface area is 153 Å². The number of benzene rings is 1. The van der Waals surface area contributed by atoms with Gasteiger partial charge < -0.3 is 0 Å². The maximum atomic E-state index is 13.4. The molecule has 1 atom stereocenters. The Morgan fingerprint density at radius 1 is 1.15 bits per heavy atom. The molecule has 4 nitrogen and oxygen atoms in total. The van der Waals surface area contributed by atoms with E-state index in [1.165, 1.54) is 12.1 Å². The van der Waals surface area contributed by atoms with Crippen molar-refractivity contribution in [3.63, 3.8) is 0 Å². The lowest BCUT2D eigenvalue weighted by Gasteiger charge is -2.23. The molecule has 0 saturated carbocycles. The third-order valence-corrected chi connectivity index (χ3v) is 4.87. The second kappa shape index (κ2) is 6.60. The highest BCUT2D eigenvalue weighted by atomic mass is 19.4. The molecule has 0 radical (unpaired) electrons. The number of aryl methyl sites for hydroxylation is 1. The molecular weight excluding hydrogens is 360 g/mol. The summed E-state index contributed by atoms with van der Waals surface area (Å²) < 4.78 is 54.0. The van der Waals surface area contributed by atoms with Crippen molar-refractivity contribution in [2.75, 3.05) is 6.54 Å². The van der Waals surface area contributed by atoms with Gasteiger partial charge >= 0.3 is 6.18 Å². The summed E-state index contributed by atoms with van der Waals surface area (Å²) in [6.45, 7) is 2.95. The first-order valence-electron chi connectivity index (χ1n) is 8.74. The number of halogens is 4. The van der Waals surface area contributed by atoms with E-state index < -0.39 is 11.9 Å². The predicted octanol–water partition coefficient (Wildman–Crippen LogP) is 4.53. The lowest BCUT2D eigenvalue weighted by molar-refractivity contribution is -0.142. The molecule has 1 aliphatic rings. The number of aromatic nitrogens is 3. The molecule has 27 heavy (non-hydrogen) atoms. The topological polar surface area (TPSA) is 33.4 Å². The van der Waals surface area contributed by atoms with Gasteiger partial charge in [-0.15, -0.1) is 0 Å². The van der Waals surface area contributed by atoms with Crippen LogP contribution in [0.5, 0.6) is 0 Å². The van der Waals surface area contributed by atoms with E-state index in [1.54, 1.807) is 25.1 Å². The van der Waals surface area contributed by atoms with Gasteiger partial charge in [0.2, 0.25) is 0 Å². The molecule has 2 aromatic heterocycles. The Morgan fingerprint density at radius 2 is 1.89 bits per heavy atom. The summed E-state index contributed by atoms with van der Waals surface area (Å²) in [7, 11) is 0. The van der Waals surface area contributed by atoms with Gasteiger partial charge in [-0.3, -0.25) is 4.90 Å². The molecule has 3 heterocycles. The average Bonchev–Trinajstić information content (AvgIpc) is 3.21. The van der Waals surface area contributed by atoms with E-state index >= 15 is 0 Å². The first-order chi connectivity index (χ1) is 12.8. The van der Waals surface area contributed by atoms with Gasteiger partial charge in [-0.05, 0) is 50.1 Å². The molecule has 0 aliphatic carbocycles. The van der Waals surface area contributed by atoms with Crippen molar-refractivity contribution in [3.05, 3.63) is 64.9 Å². The number of rotatable bonds is 3. The third kappa shape index (κ3) is 3.53. The van der Waals surface area contributed by atoms with Gasteiger partial charge in [-0.1, -0.05) is 12.1 Å². The summed E-state index contributed by atoms with van der Waals surface area (Å²) in [6, 6.07) is 8.83. The van der Waals surface area contributed by atoms with Crippen LogP contribution < -0.4 is 0 Å². The van der Waals surface area contributed by atoms with Crippen molar-refractivity contribution in [1.82, 2.24) is 19.5 Å². The summed E-state index contributed by atoms with van der Waals surface area (Å²) in [4.78, 5) is 6.36. The van der Waals surface area contributed by atoms with E-state index in [4.69, 9.17) is 0 Å². The van der Waals surface area contributed by atoms with E-state index in [9.17, 15) is 17.6 Å². The number of hydrogen-bond acceptors (Lipinski definition) is 3. The summed E-state index contributed by atoms with van der Waals surface area (Å²) in [5.41, 5.74) is 1.22. The van der Waals surface area contributed by atoms with Crippen LogP contribution in [-0.4, -0.2) is 26.0 Å². The minimum absolute atomic E-state index is 0.0851. The smallest absolute Gasteiger partial charge is 0.290 e. The molecule has 142 valence electrons. The Hall–Kier alpha value is -2.48. The van der Waals surface area contributed by atoms with E-state index in [0.717, 1.165) is 35.5 Å². The van der Waals surface area contributed by atoms with E-state index in [1.807, 2.05) is 0 Å². The summed E-state index contributed by atoms with van der Waals surface area (Å²) >= 11 is 0. The molecule has 1 saturated heterocycles. The van der Waals surface area contributed by atoms with Crippen LogP contribution in [0, 0.1) is 12.7 Å². The lowest BCUT2D eigenvalue weighted by Crippen LogP contribution is -2.23. The predicted molar refractivity (Wildman–Crippen MR) is 91.5 cm³/mol. The van der Waals surface area contributed by atoms with Crippen molar-refractivity contribution < 1.29 is 17.6 Å². The molecule has 0 unspecified atom stereocenters. The largest absolute Gasteiger partial charge is 0.433 e. The molecule has 1 aliphatic heterocycles. The summed E-state index contributed by atoms with van der Waals surface area (Å²) in [6.07, 6.45) is -2.76. The second-order valence-corrected chi connectivity index (χ2v) is 6.87. The molecule has 0 N–H and O–H groups in total. The van der Waals surface area contributed by atoms with Crippen molar-refractivity contribution in [2.24, 2.45) is 0 Å². The maximum absolute atomic E-state index is 13.4. The number of likely N-dealkylation sites (tertiary alicyclic amines) is 1. The van der Waals surface area contributed by atoms with E-state index in [2.05, 4.69) is 15.0 Å². The van der Waals surface area contributed by atoms with Gasteiger partial charge in [0.25, 0.3) is 0 Å². The Kier molecular flexibility index (Phi) is 4.38. The molecule has 0 bridgehead atoms. The average molecular weight is 378 g/mol. The number of alkyl halides is 3. The van der Waals surface area contributed by atoms with Crippen LogP contribution in [0.3, 0.4) is 0 Å². The van der Waals surface area contributed by atoms with Crippen LogP contribution in [0.4, 0.5) is 17.6 Å². The minimum atomic E-state index is -4.50. The van der Waals surface area contributed by atoms with Gasteiger partial charge in [-0.2, -0.15) is 18.3 Å². The fourth-order valence-corrected chi connectivity index (χ4v) is 3.66. The molecular formula is C19H18F4N4. The lowest BCUT2D eigenvalue weighted by atomic mass is 10.1. The van der Waals surface area contributed by atoms with Gasteiger partial charge in [0, 0.05) is 18.3 Å². The van der Waals surface area contributed by atoms with Gasteiger partial charge in [0.1, 0.15) is 11.5 Å². The Morgan fingerprint density at radius 3 is 2.59 bits per heavy atom. The first kappa shape index (κ1) is 17.9. The SMILES string of the molecule is Cc1cc(C(F)(F)F)n2nc([C@H]3CCCN3Cc3ccc(F)cc3)cc2n1. The Balaban J connectivity index is 1.67. The molecule has 0 amide bonds. The fraction of sp³-hybridized carbons (Fsp3) is 0.368. The van der Waals surface area contributed by atoms with Gasteiger partial charge in [0.15, 0.2) is 5.65 Å². The van der Waals surface area contributed by atoms with Crippen molar-refractivity contribution in [2.45, 2.75) is 38.5 Å². The van der Waals surface area contributed by atoms with Crippen LogP contribution in [0.1, 0.15) is 41.5 Å². The van der Waals surface area contributed by atoms with Crippen LogP contribution in [-0.2, 0) is 12.7 Å². The Bertz CT molecular complexity index is 962. The molecule has 1 fully saturated rings. The fourth-order valence-electron chi connectivity index (χ4n) is 3.66. The molecule has 1 aromatic carbocycles. The number of fused-ring (bicyclic) bond motifs is 1. The summed E-state index contributed by atoms with van der Waals surface area (Å²) in [5, 5.41) is 4.24. The zero-order valence-electron chi connectivity index (χ0n) is 14.7. The van der Waals surface area contributed by atoms with E-state index in [0.29, 0.717) is 17.9 Å². The first-order valence-corrected chi connectivity index (χ1v) is 8.74. The highest BCUT2D eigenvalue weighted by molar-refractivity contribution is 5.43. The normalized spacial score (nSPS) is 18.5. The molecule has 4 rings (SSSR count). The number of hydrogen-bond donors (Lipinski definition) is 0. The minimum Gasteiger partial charge on any atom is -0.290 e. The zero-order chi connectivity index (χ0) is 19.2. The molecule has 8 heteroatoms. The third-order valence-electron chi connectivity index (χ3n) is 4.87.